The predicted molar refractivity (Wildman–Crippen MR) is 69.5 cm³/mol. The van der Waals surface area contributed by atoms with Crippen LogP contribution in [0.25, 0.3) is 10.9 Å². The Morgan fingerprint density at radius 1 is 1.31 bits per heavy atom. The summed E-state index contributed by atoms with van der Waals surface area (Å²) in [6.07, 6.45) is 0. The number of anilines is 2. The van der Waals surface area contributed by atoms with Crippen molar-refractivity contribution in [3.8, 4) is 0 Å². The number of fused-ring (bicyclic) bond motifs is 1. The molecule has 0 atom stereocenters. The molecule has 3 heteroatoms. The van der Waals surface area contributed by atoms with Crippen LogP contribution in [-0.2, 0) is 0 Å². The summed E-state index contributed by atoms with van der Waals surface area (Å²) in [6, 6.07) is 9.95. The highest BCUT2D eigenvalue weighted by molar-refractivity contribution is 5.85. The summed E-state index contributed by atoms with van der Waals surface area (Å²) in [5.74, 6) is 1.36. The Kier molecular flexibility index (Phi) is 2.95. The third kappa shape index (κ3) is 2.24. The number of nitrogens with two attached hydrogens (primary N) is 1. The molecule has 3 nitrogen and oxygen atoms in total. The normalized spacial score (nSPS) is 10.9. The summed E-state index contributed by atoms with van der Waals surface area (Å²) in [7, 11) is 0. The molecule has 0 bridgehead atoms. The van der Waals surface area contributed by atoms with Crippen LogP contribution in [0.4, 0.5) is 11.5 Å². The third-order valence-electron chi connectivity index (χ3n) is 2.43. The Morgan fingerprint density at radius 3 is 2.81 bits per heavy atom. The van der Waals surface area contributed by atoms with Crippen LogP contribution in [0.3, 0.4) is 0 Å². The van der Waals surface area contributed by atoms with Crippen molar-refractivity contribution in [2.24, 2.45) is 5.92 Å². The van der Waals surface area contributed by atoms with Gasteiger partial charge in [-0.1, -0.05) is 32.0 Å². The molecule has 0 radical (unpaired) electrons. The zero-order valence-corrected chi connectivity index (χ0v) is 9.70. The number of nitrogens with zero attached hydrogens (tertiary/aromatic N) is 1. The molecule has 1 aromatic carbocycles. The Balaban J connectivity index is 2.34. The molecule has 0 spiro atoms. The lowest BCUT2D eigenvalue weighted by Gasteiger charge is -2.11. The van der Waals surface area contributed by atoms with E-state index in [1.54, 1.807) is 0 Å². The van der Waals surface area contributed by atoms with Crippen LogP contribution in [0.15, 0.2) is 30.3 Å². The Morgan fingerprint density at radius 2 is 2.06 bits per heavy atom. The number of nitrogen functional groups attached to an aromatic ring is 1. The molecule has 2 aromatic rings. The lowest BCUT2D eigenvalue weighted by Crippen LogP contribution is -2.10. The summed E-state index contributed by atoms with van der Waals surface area (Å²) < 4.78 is 0. The van der Waals surface area contributed by atoms with Crippen molar-refractivity contribution in [1.82, 2.24) is 4.98 Å². The van der Waals surface area contributed by atoms with E-state index in [1.807, 2.05) is 30.3 Å². The van der Waals surface area contributed by atoms with Gasteiger partial charge in [0.2, 0.25) is 0 Å². The van der Waals surface area contributed by atoms with E-state index in [0.29, 0.717) is 11.6 Å². The van der Waals surface area contributed by atoms with E-state index in [0.717, 1.165) is 23.3 Å². The van der Waals surface area contributed by atoms with Crippen molar-refractivity contribution in [3.05, 3.63) is 30.3 Å². The topological polar surface area (TPSA) is 50.9 Å². The lowest BCUT2D eigenvalue weighted by atomic mass is 10.2. The smallest absolute Gasteiger partial charge is 0.149 e. The van der Waals surface area contributed by atoms with Crippen LogP contribution < -0.4 is 11.1 Å². The minimum absolute atomic E-state index is 0.577. The van der Waals surface area contributed by atoms with Crippen molar-refractivity contribution in [2.75, 3.05) is 17.6 Å². The van der Waals surface area contributed by atoms with Gasteiger partial charge in [0.25, 0.3) is 0 Å². The van der Waals surface area contributed by atoms with E-state index in [9.17, 15) is 0 Å². The maximum atomic E-state index is 5.95. The molecule has 0 unspecified atom stereocenters. The van der Waals surface area contributed by atoms with Gasteiger partial charge in [-0.25, -0.2) is 4.98 Å². The Labute approximate surface area is 95.7 Å². The van der Waals surface area contributed by atoms with Crippen LogP contribution >= 0.6 is 0 Å². The Hall–Kier alpha value is -1.77. The first kappa shape index (κ1) is 10.7. The average molecular weight is 215 g/mol. The van der Waals surface area contributed by atoms with E-state index < -0.39 is 0 Å². The predicted octanol–water partition coefficient (Wildman–Crippen LogP) is 2.88. The van der Waals surface area contributed by atoms with Gasteiger partial charge in [-0.3, -0.25) is 0 Å². The van der Waals surface area contributed by atoms with Crippen LogP contribution in [0, 0.1) is 5.92 Å². The van der Waals surface area contributed by atoms with Gasteiger partial charge in [0.15, 0.2) is 0 Å². The van der Waals surface area contributed by atoms with Crippen molar-refractivity contribution < 1.29 is 0 Å². The molecule has 0 aliphatic heterocycles. The summed E-state index contributed by atoms with van der Waals surface area (Å²) in [5, 5.41) is 4.35. The Bertz CT molecular complexity index is 492. The molecular weight excluding hydrogens is 198 g/mol. The first-order valence-electron chi connectivity index (χ1n) is 5.56. The van der Waals surface area contributed by atoms with E-state index in [-0.39, 0.29) is 0 Å². The first-order chi connectivity index (χ1) is 7.66. The van der Waals surface area contributed by atoms with Crippen LogP contribution in [0.1, 0.15) is 13.8 Å². The van der Waals surface area contributed by atoms with Gasteiger partial charge in [-0.15, -0.1) is 0 Å². The van der Waals surface area contributed by atoms with E-state index in [4.69, 9.17) is 5.73 Å². The summed E-state index contributed by atoms with van der Waals surface area (Å²) in [6.45, 7) is 5.20. The molecule has 0 saturated carbocycles. The number of benzene rings is 1. The average Bonchev–Trinajstić information content (AvgIpc) is 2.26. The van der Waals surface area contributed by atoms with Crippen LogP contribution in [0.2, 0.25) is 0 Å². The largest absolute Gasteiger partial charge is 0.396 e. The molecule has 1 aromatic heterocycles. The fourth-order valence-electron chi connectivity index (χ4n) is 1.57. The van der Waals surface area contributed by atoms with Crippen molar-refractivity contribution in [1.29, 1.82) is 0 Å². The van der Waals surface area contributed by atoms with Gasteiger partial charge in [0, 0.05) is 11.9 Å². The molecule has 3 N–H and O–H groups in total. The number of pyridine rings is 1. The second kappa shape index (κ2) is 4.39. The standard InChI is InChI=1S/C13H17N3/c1-9(2)8-15-13-11(14)7-10-5-3-4-6-12(10)16-13/h3-7,9H,8,14H2,1-2H3,(H,15,16). The lowest BCUT2D eigenvalue weighted by molar-refractivity contribution is 0.687. The number of hydrogen-bond acceptors (Lipinski definition) is 3. The molecule has 0 fully saturated rings. The minimum atomic E-state index is 0.577. The zero-order chi connectivity index (χ0) is 11.5. The van der Waals surface area contributed by atoms with Gasteiger partial charge in [0.1, 0.15) is 5.82 Å². The number of hydrogen-bond donors (Lipinski definition) is 2. The maximum Gasteiger partial charge on any atom is 0.149 e. The van der Waals surface area contributed by atoms with Crippen molar-refractivity contribution in [2.45, 2.75) is 13.8 Å². The maximum absolute atomic E-state index is 5.95. The molecule has 2 rings (SSSR count). The fourth-order valence-corrected chi connectivity index (χ4v) is 1.57. The van der Waals surface area contributed by atoms with Gasteiger partial charge >= 0.3 is 0 Å². The molecule has 0 aliphatic rings. The van der Waals surface area contributed by atoms with Gasteiger partial charge in [-0.2, -0.15) is 0 Å². The highest BCUT2D eigenvalue weighted by atomic mass is 15.0. The monoisotopic (exact) mass is 215 g/mol. The third-order valence-corrected chi connectivity index (χ3v) is 2.43. The zero-order valence-electron chi connectivity index (χ0n) is 9.70. The SMILES string of the molecule is CC(C)CNc1nc2ccccc2cc1N. The molecule has 0 saturated heterocycles. The van der Waals surface area contributed by atoms with Gasteiger partial charge in [0.05, 0.1) is 11.2 Å². The number of rotatable bonds is 3. The highest BCUT2D eigenvalue weighted by Crippen LogP contribution is 2.22. The summed E-state index contributed by atoms with van der Waals surface area (Å²) >= 11 is 0. The van der Waals surface area contributed by atoms with Gasteiger partial charge < -0.3 is 11.1 Å². The minimum Gasteiger partial charge on any atom is -0.396 e. The second-order valence-electron chi connectivity index (χ2n) is 4.39. The quantitative estimate of drug-likeness (QED) is 0.827. The van der Waals surface area contributed by atoms with Crippen molar-refractivity contribution in [3.63, 3.8) is 0 Å². The second-order valence-corrected chi connectivity index (χ2v) is 4.39. The number of nitrogens with one attached hydrogen (secondary N) is 1. The van der Waals surface area contributed by atoms with E-state index >= 15 is 0 Å². The first-order valence-corrected chi connectivity index (χ1v) is 5.56. The van der Waals surface area contributed by atoms with Gasteiger partial charge in [-0.05, 0) is 18.1 Å². The van der Waals surface area contributed by atoms with Crippen LogP contribution in [-0.4, -0.2) is 11.5 Å². The van der Waals surface area contributed by atoms with Crippen molar-refractivity contribution >= 4 is 22.4 Å². The molecular formula is C13H17N3. The van der Waals surface area contributed by atoms with E-state index in [1.165, 1.54) is 0 Å². The highest BCUT2D eigenvalue weighted by Gasteiger charge is 2.03. The number of aromatic nitrogens is 1. The molecule has 16 heavy (non-hydrogen) atoms. The molecule has 0 aliphatic carbocycles. The molecule has 84 valence electrons. The number of para-hydroxylation sites is 1. The summed E-state index contributed by atoms with van der Waals surface area (Å²) in [4.78, 5) is 4.51. The molecule has 0 amide bonds. The molecule has 1 heterocycles. The fraction of sp³-hybridized carbons (Fsp3) is 0.308. The van der Waals surface area contributed by atoms with E-state index in [2.05, 4.69) is 24.1 Å². The van der Waals surface area contributed by atoms with Crippen LogP contribution in [0.5, 0.6) is 0 Å². The summed E-state index contributed by atoms with van der Waals surface area (Å²) in [5.41, 5.74) is 7.63.